The Morgan fingerprint density at radius 1 is 1.09 bits per heavy atom. The Labute approximate surface area is 199 Å². The molecule has 2 aromatic rings. The summed E-state index contributed by atoms with van der Waals surface area (Å²) in [5.74, 6) is 4.14. The number of hydrogen-bond donors (Lipinski definition) is 2. The zero-order valence-electron chi connectivity index (χ0n) is 19.4. The van der Waals surface area contributed by atoms with E-state index in [2.05, 4.69) is 10.2 Å². The molecule has 2 fully saturated rings. The summed E-state index contributed by atoms with van der Waals surface area (Å²) in [7, 11) is 1.61. The highest BCUT2D eigenvalue weighted by Crippen LogP contribution is 2.45. The molecule has 0 spiro atoms. The van der Waals surface area contributed by atoms with Gasteiger partial charge in [0.25, 0.3) is 0 Å². The Morgan fingerprint density at radius 3 is 2.53 bits per heavy atom. The number of piperidine rings is 1. The van der Waals surface area contributed by atoms with E-state index in [1.165, 1.54) is 6.42 Å². The summed E-state index contributed by atoms with van der Waals surface area (Å²) in [4.78, 5) is 15.1. The maximum atomic E-state index is 12.8. The fourth-order valence-corrected chi connectivity index (χ4v) is 4.84. The third kappa shape index (κ3) is 5.39. The Bertz CT molecular complexity index is 987. The van der Waals surface area contributed by atoms with Crippen molar-refractivity contribution in [3.8, 4) is 23.0 Å². The number of aliphatic hydroxyl groups excluding tert-OH is 1. The number of nitrogens with zero attached hydrogens (tertiary/aromatic N) is 1. The van der Waals surface area contributed by atoms with Gasteiger partial charge in [-0.2, -0.15) is 0 Å². The number of benzene rings is 2. The number of rotatable bonds is 10. The molecular weight excluding hydrogens is 436 g/mol. The zero-order valence-corrected chi connectivity index (χ0v) is 19.4. The smallest absolute Gasteiger partial charge is 0.223 e. The topological polar surface area (TPSA) is 89.5 Å². The van der Waals surface area contributed by atoms with Gasteiger partial charge in [-0.25, -0.2) is 0 Å². The van der Waals surface area contributed by atoms with Gasteiger partial charge >= 0.3 is 0 Å². The number of amides is 1. The van der Waals surface area contributed by atoms with Crippen LogP contribution in [0.3, 0.4) is 0 Å². The highest BCUT2D eigenvalue weighted by Gasteiger charge is 2.45. The van der Waals surface area contributed by atoms with Crippen molar-refractivity contribution in [2.45, 2.75) is 25.0 Å². The first-order valence-corrected chi connectivity index (χ1v) is 11.9. The SMILES string of the molecule is COc1ccc(OCCC(=O)N[C@H](CN2CC3CC3C2)C(O)c2ccc3c(c2)OCCO3)cc1. The van der Waals surface area contributed by atoms with Gasteiger partial charge in [-0.05, 0) is 60.2 Å². The number of hydrogen-bond acceptors (Lipinski definition) is 7. The van der Waals surface area contributed by atoms with E-state index in [-0.39, 0.29) is 18.9 Å². The number of nitrogens with one attached hydrogen (secondary N) is 1. The molecule has 1 saturated heterocycles. The van der Waals surface area contributed by atoms with E-state index in [0.717, 1.165) is 30.7 Å². The number of carbonyl (C=O) groups excluding carboxylic acids is 1. The molecule has 34 heavy (non-hydrogen) atoms. The molecule has 1 aliphatic carbocycles. The largest absolute Gasteiger partial charge is 0.497 e. The van der Waals surface area contributed by atoms with E-state index in [1.54, 1.807) is 7.11 Å². The van der Waals surface area contributed by atoms with Crippen LogP contribution in [0.5, 0.6) is 23.0 Å². The lowest BCUT2D eigenvalue weighted by Crippen LogP contribution is -2.47. The molecule has 8 nitrogen and oxygen atoms in total. The molecule has 4 atom stereocenters. The van der Waals surface area contributed by atoms with Gasteiger partial charge in [-0.1, -0.05) is 6.07 Å². The summed E-state index contributed by atoms with van der Waals surface area (Å²) in [6.45, 7) is 3.92. The average Bonchev–Trinajstić information content (AvgIpc) is 3.48. The van der Waals surface area contributed by atoms with E-state index < -0.39 is 12.1 Å². The number of methoxy groups -OCH3 is 1. The predicted octanol–water partition coefficient (Wildman–Crippen LogP) is 2.41. The van der Waals surface area contributed by atoms with Crippen molar-refractivity contribution in [1.82, 2.24) is 10.2 Å². The standard InChI is InChI=1S/C26H32N2O6/c1-31-20-3-5-21(6-4-20)32-9-8-25(29)27-22(16-28-14-18-12-19(18)15-28)26(30)17-2-7-23-24(13-17)34-11-10-33-23/h2-7,13,18-19,22,26,30H,8-12,14-16H2,1H3,(H,27,29)/t18?,19?,22-,26?/m1/s1. The molecule has 1 saturated carbocycles. The minimum Gasteiger partial charge on any atom is -0.497 e. The van der Waals surface area contributed by atoms with Crippen LogP contribution >= 0.6 is 0 Å². The van der Waals surface area contributed by atoms with Crippen LogP contribution in [0.1, 0.15) is 24.5 Å². The lowest BCUT2D eigenvalue weighted by atomic mass is 10.0. The van der Waals surface area contributed by atoms with Crippen LogP contribution < -0.4 is 24.3 Å². The molecule has 2 aliphatic heterocycles. The third-order valence-electron chi connectivity index (χ3n) is 6.80. The molecular formula is C26H32N2O6. The quantitative estimate of drug-likeness (QED) is 0.554. The van der Waals surface area contributed by atoms with Crippen molar-refractivity contribution in [3.63, 3.8) is 0 Å². The van der Waals surface area contributed by atoms with Gasteiger partial charge in [0.1, 0.15) is 30.8 Å². The minimum atomic E-state index is -0.862. The van der Waals surface area contributed by atoms with Crippen LogP contribution in [0.25, 0.3) is 0 Å². The second-order valence-corrected chi connectivity index (χ2v) is 9.27. The van der Waals surface area contributed by atoms with Gasteiger partial charge in [0.2, 0.25) is 5.91 Å². The molecule has 8 heteroatoms. The maximum Gasteiger partial charge on any atom is 0.223 e. The molecule has 0 bridgehead atoms. The van der Waals surface area contributed by atoms with Gasteiger partial charge in [-0.15, -0.1) is 0 Å². The first kappa shape index (κ1) is 22.8. The second-order valence-electron chi connectivity index (χ2n) is 9.27. The molecule has 5 rings (SSSR count). The Kier molecular flexibility index (Phi) is 6.78. The number of carbonyl (C=O) groups is 1. The fourth-order valence-electron chi connectivity index (χ4n) is 4.84. The van der Waals surface area contributed by atoms with Crippen LogP contribution in [0, 0.1) is 11.8 Å². The normalized spacial score (nSPS) is 22.4. The summed E-state index contributed by atoms with van der Waals surface area (Å²) < 4.78 is 22.1. The Balaban J connectivity index is 1.20. The van der Waals surface area contributed by atoms with Gasteiger partial charge in [-0.3, -0.25) is 4.79 Å². The van der Waals surface area contributed by atoms with Crippen molar-refractivity contribution in [2.24, 2.45) is 11.8 Å². The number of fused-ring (bicyclic) bond motifs is 2. The molecule has 3 unspecified atom stereocenters. The van der Waals surface area contributed by atoms with Crippen LogP contribution in [0.2, 0.25) is 0 Å². The van der Waals surface area contributed by atoms with Crippen LogP contribution in [-0.2, 0) is 4.79 Å². The first-order valence-electron chi connectivity index (χ1n) is 11.9. The molecule has 182 valence electrons. The lowest BCUT2D eigenvalue weighted by Gasteiger charge is -2.30. The monoisotopic (exact) mass is 468 g/mol. The number of ether oxygens (including phenoxy) is 4. The first-order chi connectivity index (χ1) is 16.6. The van der Waals surface area contributed by atoms with Gasteiger partial charge in [0.15, 0.2) is 11.5 Å². The highest BCUT2D eigenvalue weighted by atomic mass is 16.6. The molecule has 2 N–H and O–H groups in total. The fraction of sp³-hybridized carbons (Fsp3) is 0.500. The Hall–Kier alpha value is -2.97. The van der Waals surface area contributed by atoms with Crippen molar-refractivity contribution in [1.29, 1.82) is 0 Å². The maximum absolute atomic E-state index is 12.8. The van der Waals surface area contributed by atoms with Crippen molar-refractivity contribution in [3.05, 3.63) is 48.0 Å². The molecule has 3 aliphatic rings. The number of likely N-dealkylation sites (tertiary alicyclic amines) is 1. The minimum absolute atomic E-state index is 0.153. The van der Waals surface area contributed by atoms with Gasteiger partial charge < -0.3 is 34.3 Å². The van der Waals surface area contributed by atoms with Crippen molar-refractivity contribution >= 4 is 5.91 Å². The zero-order chi connectivity index (χ0) is 23.5. The summed E-state index contributed by atoms with van der Waals surface area (Å²) >= 11 is 0. The van der Waals surface area contributed by atoms with Gasteiger partial charge in [0, 0.05) is 19.6 Å². The van der Waals surface area contributed by atoms with Crippen LogP contribution in [-0.4, -0.2) is 68.5 Å². The molecule has 1 amide bonds. The molecule has 0 radical (unpaired) electrons. The predicted molar refractivity (Wildman–Crippen MR) is 125 cm³/mol. The van der Waals surface area contributed by atoms with E-state index in [0.29, 0.717) is 42.6 Å². The highest BCUT2D eigenvalue weighted by molar-refractivity contribution is 5.76. The second kappa shape index (κ2) is 10.1. The van der Waals surface area contributed by atoms with Crippen LogP contribution in [0.4, 0.5) is 0 Å². The summed E-state index contributed by atoms with van der Waals surface area (Å²) in [6.07, 6.45) is 0.641. The summed E-state index contributed by atoms with van der Waals surface area (Å²) in [5.41, 5.74) is 0.702. The Morgan fingerprint density at radius 2 is 1.79 bits per heavy atom. The van der Waals surface area contributed by atoms with Crippen LogP contribution in [0.15, 0.2) is 42.5 Å². The third-order valence-corrected chi connectivity index (χ3v) is 6.80. The van der Waals surface area contributed by atoms with E-state index >= 15 is 0 Å². The summed E-state index contributed by atoms with van der Waals surface area (Å²) in [6, 6.07) is 12.3. The molecule has 2 heterocycles. The summed E-state index contributed by atoms with van der Waals surface area (Å²) in [5, 5.41) is 14.3. The lowest BCUT2D eigenvalue weighted by molar-refractivity contribution is -0.123. The van der Waals surface area contributed by atoms with Crippen molar-refractivity contribution in [2.75, 3.05) is 46.6 Å². The van der Waals surface area contributed by atoms with E-state index in [4.69, 9.17) is 18.9 Å². The average molecular weight is 469 g/mol. The molecule has 2 aromatic carbocycles. The van der Waals surface area contributed by atoms with Crippen molar-refractivity contribution < 1.29 is 28.8 Å². The number of aliphatic hydroxyl groups is 1. The van der Waals surface area contributed by atoms with E-state index in [9.17, 15) is 9.90 Å². The molecule has 0 aromatic heterocycles. The van der Waals surface area contributed by atoms with E-state index in [1.807, 2.05) is 42.5 Å². The van der Waals surface area contributed by atoms with Gasteiger partial charge in [0.05, 0.1) is 26.2 Å².